The zero-order chi connectivity index (χ0) is 33.4. The fourth-order valence-corrected chi connectivity index (χ4v) is 9.69. The van der Waals surface area contributed by atoms with Crippen LogP contribution in [-0.2, 0) is 0 Å². The van der Waals surface area contributed by atoms with E-state index in [-0.39, 0.29) is 0 Å². The van der Waals surface area contributed by atoms with E-state index in [0.717, 1.165) is 6.42 Å². The maximum Gasteiger partial charge on any atom is 0.0620 e. The third-order valence-corrected chi connectivity index (χ3v) is 11.8. The second kappa shape index (κ2) is 9.87. The average Bonchev–Trinajstić information content (AvgIpc) is 3.61. The maximum absolute atomic E-state index is 2.54. The zero-order valence-corrected chi connectivity index (χ0v) is 28.2. The van der Waals surface area contributed by atoms with Gasteiger partial charge < -0.3 is 9.13 Å². The van der Waals surface area contributed by atoms with Gasteiger partial charge >= 0.3 is 0 Å². The van der Waals surface area contributed by atoms with Gasteiger partial charge in [0.1, 0.15) is 0 Å². The van der Waals surface area contributed by atoms with Crippen molar-refractivity contribution in [2.75, 3.05) is 0 Å². The minimum absolute atomic E-state index is 0.426. The fourth-order valence-electron chi connectivity index (χ4n) is 9.69. The van der Waals surface area contributed by atoms with Crippen molar-refractivity contribution < 1.29 is 0 Å². The SMILES string of the molecule is CC1CC=CC2=C1c1ccccc1-n1c3ccccc3c3cc(-c4cc5c6c(c4)c4ccccc4n6-c4ccccc4-c4ccccc4-5)cc2c31. The lowest BCUT2D eigenvalue weighted by Gasteiger charge is -2.23. The van der Waals surface area contributed by atoms with Crippen LogP contribution in [0.3, 0.4) is 0 Å². The molecule has 0 saturated heterocycles. The molecule has 1 unspecified atom stereocenters. The molecule has 0 N–H and O–H groups in total. The summed E-state index contributed by atoms with van der Waals surface area (Å²) in [6.45, 7) is 2.39. The fraction of sp³-hybridized carbons (Fsp3) is 0.0612. The van der Waals surface area contributed by atoms with Crippen LogP contribution in [0.25, 0.3) is 99.5 Å². The Morgan fingerprint density at radius 2 is 0.941 bits per heavy atom. The van der Waals surface area contributed by atoms with Crippen molar-refractivity contribution in [2.45, 2.75) is 13.3 Å². The van der Waals surface area contributed by atoms with E-state index in [1.54, 1.807) is 0 Å². The van der Waals surface area contributed by atoms with E-state index >= 15 is 0 Å². The lowest BCUT2D eigenvalue weighted by atomic mass is 9.80. The third-order valence-electron chi connectivity index (χ3n) is 11.8. The number of hydrogen-bond donors (Lipinski definition) is 0. The molecule has 1 aliphatic carbocycles. The highest BCUT2D eigenvalue weighted by Gasteiger charge is 2.30. The smallest absolute Gasteiger partial charge is 0.0620 e. The van der Waals surface area contributed by atoms with Gasteiger partial charge in [-0.05, 0) is 94.3 Å². The summed E-state index contributed by atoms with van der Waals surface area (Å²) in [6.07, 6.45) is 5.83. The number of para-hydroxylation sites is 4. The predicted octanol–water partition coefficient (Wildman–Crippen LogP) is 13.0. The van der Waals surface area contributed by atoms with Gasteiger partial charge in [0.25, 0.3) is 0 Å². The molecule has 2 heteroatoms. The Morgan fingerprint density at radius 3 is 1.61 bits per heavy atom. The number of hydrogen-bond acceptors (Lipinski definition) is 0. The topological polar surface area (TPSA) is 9.86 Å². The normalized spacial score (nSPS) is 15.5. The van der Waals surface area contributed by atoms with Crippen molar-refractivity contribution in [3.8, 4) is 44.8 Å². The molecule has 2 aliphatic heterocycles. The molecule has 4 heterocycles. The first-order valence-corrected chi connectivity index (χ1v) is 18.1. The Kier molecular flexibility index (Phi) is 5.31. The minimum Gasteiger partial charge on any atom is -0.308 e. The molecule has 3 aliphatic rings. The number of nitrogens with zero attached hydrogens (tertiary/aromatic N) is 2. The first-order chi connectivity index (χ1) is 25.2. The minimum atomic E-state index is 0.426. The molecule has 238 valence electrons. The number of fused-ring (bicyclic) bond motifs is 15. The zero-order valence-electron chi connectivity index (χ0n) is 28.2. The van der Waals surface area contributed by atoms with Crippen LogP contribution in [0.15, 0.2) is 158 Å². The lowest BCUT2D eigenvalue weighted by molar-refractivity contribution is 0.761. The van der Waals surface area contributed by atoms with E-state index in [1.165, 1.54) is 111 Å². The van der Waals surface area contributed by atoms with Crippen LogP contribution in [-0.4, -0.2) is 9.13 Å². The molecule has 9 aromatic rings. The molecule has 0 fully saturated rings. The van der Waals surface area contributed by atoms with E-state index in [1.807, 2.05) is 0 Å². The third kappa shape index (κ3) is 3.51. The van der Waals surface area contributed by atoms with Crippen molar-refractivity contribution in [2.24, 2.45) is 5.92 Å². The first kappa shape index (κ1) is 27.4. The average molecular weight is 649 g/mol. The van der Waals surface area contributed by atoms with Crippen LogP contribution in [0.2, 0.25) is 0 Å². The molecule has 0 bridgehead atoms. The van der Waals surface area contributed by atoms with Crippen LogP contribution in [0.4, 0.5) is 0 Å². The molecule has 0 saturated carbocycles. The summed E-state index contributed by atoms with van der Waals surface area (Å²) in [7, 11) is 0. The van der Waals surface area contributed by atoms with E-state index in [2.05, 4.69) is 174 Å². The summed E-state index contributed by atoms with van der Waals surface area (Å²) in [4.78, 5) is 0. The second-order valence-electron chi connectivity index (χ2n) is 14.5. The largest absolute Gasteiger partial charge is 0.308 e. The Hall–Kier alpha value is -6.38. The van der Waals surface area contributed by atoms with E-state index in [9.17, 15) is 0 Å². The molecule has 12 rings (SSSR count). The quantitative estimate of drug-likeness (QED) is 0.168. The highest BCUT2D eigenvalue weighted by Crippen LogP contribution is 2.51. The molecular weight excluding hydrogens is 617 g/mol. The highest BCUT2D eigenvalue weighted by molar-refractivity contribution is 6.20. The van der Waals surface area contributed by atoms with Crippen LogP contribution in [0, 0.1) is 5.92 Å². The molecule has 1 atom stereocenters. The van der Waals surface area contributed by atoms with E-state index < -0.39 is 0 Å². The van der Waals surface area contributed by atoms with E-state index in [4.69, 9.17) is 0 Å². The van der Waals surface area contributed by atoms with Crippen molar-refractivity contribution >= 4 is 54.8 Å². The first-order valence-electron chi connectivity index (χ1n) is 18.1. The molecule has 0 spiro atoms. The van der Waals surface area contributed by atoms with Gasteiger partial charge in [0.15, 0.2) is 0 Å². The Balaban J connectivity index is 1.24. The van der Waals surface area contributed by atoms with Crippen molar-refractivity contribution in [3.63, 3.8) is 0 Å². The number of aromatic nitrogens is 2. The summed E-state index contributed by atoms with van der Waals surface area (Å²) in [5.74, 6) is 0.426. The standard InChI is InChI=1S/C49H32N2/c1-29-13-12-20-37-42-28-31(27-41-36-18-6-10-23-45(36)51(49(41)42)46-24-11-7-19-38(46)47(29)37)30-25-39-33-15-3-2-14-32(33)34-16-4-8-21-43(34)50-44-22-9-5-17-35(44)40(26-30)48(39)50/h2-12,14-29H,13H2,1H3. The van der Waals surface area contributed by atoms with Gasteiger partial charge in [-0.15, -0.1) is 0 Å². The summed E-state index contributed by atoms with van der Waals surface area (Å²) in [5, 5.41) is 5.16. The Morgan fingerprint density at radius 1 is 0.451 bits per heavy atom. The second-order valence-corrected chi connectivity index (χ2v) is 14.5. The molecule has 51 heavy (non-hydrogen) atoms. The summed E-state index contributed by atoms with van der Waals surface area (Å²) < 4.78 is 5.04. The lowest BCUT2D eigenvalue weighted by Crippen LogP contribution is -2.05. The van der Waals surface area contributed by atoms with Gasteiger partial charge in [0.05, 0.1) is 33.4 Å². The maximum atomic E-state index is 2.54. The number of rotatable bonds is 1. The van der Waals surface area contributed by atoms with Gasteiger partial charge in [-0.25, -0.2) is 0 Å². The van der Waals surface area contributed by atoms with Gasteiger partial charge in [0.2, 0.25) is 0 Å². The van der Waals surface area contributed by atoms with Crippen molar-refractivity contribution in [3.05, 3.63) is 169 Å². The van der Waals surface area contributed by atoms with E-state index in [0.29, 0.717) is 5.92 Å². The summed E-state index contributed by atoms with van der Waals surface area (Å²) >= 11 is 0. The number of benzene rings is 7. The van der Waals surface area contributed by atoms with Gasteiger partial charge in [-0.1, -0.05) is 116 Å². The van der Waals surface area contributed by atoms with Crippen LogP contribution >= 0.6 is 0 Å². The Labute approximate surface area is 295 Å². The van der Waals surface area contributed by atoms with Gasteiger partial charge in [-0.3, -0.25) is 0 Å². The highest BCUT2D eigenvalue weighted by atomic mass is 15.0. The molecule has 0 amide bonds. The van der Waals surface area contributed by atoms with Gasteiger partial charge in [0, 0.05) is 43.8 Å². The Bertz CT molecular complexity index is 3070. The number of allylic oxidation sites excluding steroid dienone is 4. The molecule has 7 aromatic carbocycles. The summed E-state index contributed by atoms with van der Waals surface area (Å²) in [5.41, 5.74) is 20.6. The van der Waals surface area contributed by atoms with Crippen LogP contribution in [0.5, 0.6) is 0 Å². The molecule has 2 nitrogen and oxygen atoms in total. The van der Waals surface area contributed by atoms with Crippen molar-refractivity contribution in [1.29, 1.82) is 0 Å². The summed E-state index contributed by atoms with van der Waals surface area (Å²) in [6, 6.07) is 54.7. The van der Waals surface area contributed by atoms with Crippen LogP contribution < -0.4 is 0 Å². The van der Waals surface area contributed by atoms with Crippen LogP contribution in [0.1, 0.15) is 24.5 Å². The van der Waals surface area contributed by atoms with Gasteiger partial charge in [-0.2, -0.15) is 0 Å². The molecule has 0 radical (unpaired) electrons. The molecule has 2 aromatic heterocycles. The predicted molar refractivity (Wildman–Crippen MR) is 215 cm³/mol. The molecular formula is C49H32N2. The van der Waals surface area contributed by atoms with Crippen molar-refractivity contribution in [1.82, 2.24) is 9.13 Å². The monoisotopic (exact) mass is 648 g/mol.